The molecule has 1 aromatic carbocycles. The number of methoxy groups -OCH3 is 1. The van der Waals surface area contributed by atoms with Gasteiger partial charge < -0.3 is 10.5 Å². The van der Waals surface area contributed by atoms with E-state index in [1.54, 1.807) is 11.8 Å². The number of rotatable bonds is 3. The molecule has 0 aliphatic carbocycles. The number of benzene rings is 1. The first kappa shape index (κ1) is 13.1. The molecular formula is C15H15N5O. The molecule has 0 aliphatic heterocycles. The van der Waals surface area contributed by atoms with Crippen molar-refractivity contribution in [1.82, 2.24) is 19.7 Å². The van der Waals surface area contributed by atoms with Gasteiger partial charge in [-0.15, -0.1) is 0 Å². The second kappa shape index (κ2) is 5.24. The molecule has 2 aromatic heterocycles. The number of aromatic nitrogens is 4. The molecule has 0 bridgehead atoms. The summed E-state index contributed by atoms with van der Waals surface area (Å²) >= 11 is 0. The average Bonchev–Trinajstić information content (AvgIpc) is 2.89. The molecule has 0 unspecified atom stereocenters. The molecule has 0 radical (unpaired) electrons. The van der Waals surface area contributed by atoms with Crippen molar-refractivity contribution < 1.29 is 4.74 Å². The zero-order valence-corrected chi connectivity index (χ0v) is 11.8. The van der Waals surface area contributed by atoms with E-state index in [0.29, 0.717) is 11.6 Å². The van der Waals surface area contributed by atoms with Gasteiger partial charge in [-0.05, 0) is 31.2 Å². The lowest BCUT2D eigenvalue weighted by atomic mass is 10.1. The van der Waals surface area contributed by atoms with E-state index >= 15 is 0 Å². The molecule has 0 fully saturated rings. The maximum Gasteiger partial charge on any atom is 0.159 e. The standard InChI is InChI=1S/C15H15N5O/c1-10-7-15(18-9-17-10)20-14(16)8-13(19-20)11-3-5-12(21-2)6-4-11/h3-9H,16H2,1-2H3. The fraction of sp³-hybridized carbons (Fsp3) is 0.133. The zero-order chi connectivity index (χ0) is 14.8. The van der Waals surface area contributed by atoms with Crippen LogP contribution in [0.15, 0.2) is 42.7 Å². The number of hydrogen-bond donors (Lipinski definition) is 1. The molecule has 0 saturated heterocycles. The van der Waals surface area contributed by atoms with Crippen molar-refractivity contribution in [3.8, 4) is 22.8 Å². The Bertz CT molecular complexity index is 764. The molecule has 0 spiro atoms. The van der Waals surface area contributed by atoms with Gasteiger partial charge in [0.25, 0.3) is 0 Å². The monoisotopic (exact) mass is 281 g/mol. The molecule has 21 heavy (non-hydrogen) atoms. The summed E-state index contributed by atoms with van der Waals surface area (Å²) in [6.07, 6.45) is 1.50. The van der Waals surface area contributed by atoms with Gasteiger partial charge in [-0.3, -0.25) is 0 Å². The maximum absolute atomic E-state index is 6.03. The first-order valence-electron chi connectivity index (χ1n) is 6.46. The van der Waals surface area contributed by atoms with E-state index in [9.17, 15) is 0 Å². The van der Waals surface area contributed by atoms with Crippen LogP contribution in [0.25, 0.3) is 17.1 Å². The Labute approximate surface area is 122 Å². The van der Waals surface area contributed by atoms with Gasteiger partial charge >= 0.3 is 0 Å². The Kier molecular flexibility index (Phi) is 3.27. The van der Waals surface area contributed by atoms with Gasteiger partial charge in [0, 0.05) is 23.4 Å². The van der Waals surface area contributed by atoms with Gasteiger partial charge in [0.05, 0.1) is 12.8 Å². The number of nitrogens with two attached hydrogens (primary N) is 1. The summed E-state index contributed by atoms with van der Waals surface area (Å²) in [4.78, 5) is 8.27. The third kappa shape index (κ3) is 2.55. The Morgan fingerprint density at radius 3 is 2.52 bits per heavy atom. The van der Waals surface area contributed by atoms with Gasteiger partial charge in [0.1, 0.15) is 17.9 Å². The van der Waals surface area contributed by atoms with Gasteiger partial charge in [-0.2, -0.15) is 9.78 Å². The molecule has 0 saturated carbocycles. The van der Waals surface area contributed by atoms with Crippen LogP contribution in [0.4, 0.5) is 5.82 Å². The van der Waals surface area contributed by atoms with E-state index in [1.807, 2.05) is 43.3 Å². The van der Waals surface area contributed by atoms with Crippen LogP contribution in [0.1, 0.15) is 5.69 Å². The van der Waals surface area contributed by atoms with Crippen molar-refractivity contribution in [1.29, 1.82) is 0 Å². The van der Waals surface area contributed by atoms with Crippen molar-refractivity contribution in [3.63, 3.8) is 0 Å². The predicted octanol–water partition coefficient (Wildman–Crippen LogP) is 2.23. The molecule has 0 amide bonds. The quantitative estimate of drug-likeness (QED) is 0.796. The lowest BCUT2D eigenvalue weighted by Crippen LogP contribution is -2.04. The molecule has 3 aromatic rings. The van der Waals surface area contributed by atoms with Crippen molar-refractivity contribution in [3.05, 3.63) is 48.4 Å². The van der Waals surface area contributed by atoms with Crippen LogP contribution in [0.2, 0.25) is 0 Å². The molecule has 0 atom stereocenters. The van der Waals surface area contributed by atoms with Crippen molar-refractivity contribution in [2.75, 3.05) is 12.8 Å². The normalized spacial score (nSPS) is 10.6. The summed E-state index contributed by atoms with van der Waals surface area (Å²) in [6, 6.07) is 11.3. The second-order valence-electron chi connectivity index (χ2n) is 4.61. The lowest BCUT2D eigenvalue weighted by molar-refractivity contribution is 0.415. The SMILES string of the molecule is COc1ccc(-c2cc(N)n(-c3cc(C)ncn3)n2)cc1. The van der Waals surface area contributed by atoms with E-state index in [1.165, 1.54) is 6.33 Å². The van der Waals surface area contributed by atoms with Crippen LogP contribution in [0.5, 0.6) is 5.75 Å². The number of aryl methyl sites for hydroxylation is 1. The molecule has 2 heterocycles. The average molecular weight is 281 g/mol. The van der Waals surface area contributed by atoms with Crippen molar-refractivity contribution in [2.24, 2.45) is 0 Å². The summed E-state index contributed by atoms with van der Waals surface area (Å²) in [5, 5.41) is 4.51. The van der Waals surface area contributed by atoms with E-state index in [4.69, 9.17) is 10.5 Å². The van der Waals surface area contributed by atoms with Gasteiger partial charge in [0.2, 0.25) is 0 Å². The smallest absolute Gasteiger partial charge is 0.159 e. The van der Waals surface area contributed by atoms with Crippen LogP contribution in [-0.2, 0) is 0 Å². The lowest BCUT2D eigenvalue weighted by Gasteiger charge is -2.03. The molecule has 106 valence electrons. The summed E-state index contributed by atoms with van der Waals surface area (Å²) in [7, 11) is 1.64. The summed E-state index contributed by atoms with van der Waals surface area (Å²) in [5.41, 5.74) is 8.64. The van der Waals surface area contributed by atoms with Crippen LogP contribution >= 0.6 is 0 Å². The summed E-state index contributed by atoms with van der Waals surface area (Å²) in [5.74, 6) is 1.98. The molecule has 2 N–H and O–H groups in total. The Balaban J connectivity index is 2.00. The first-order chi connectivity index (χ1) is 10.2. The van der Waals surface area contributed by atoms with Gasteiger partial charge in [0.15, 0.2) is 5.82 Å². The number of hydrogen-bond acceptors (Lipinski definition) is 5. The van der Waals surface area contributed by atoms with E-state index in [0.717, 1.165) is 22.7 Å². The molecular weight excluding hydrogens is 266 g/mol. The second-order valence-corrected chi connectivity index (χ2v) is 4.61. The van der Waals surface area contributed by atoms with E-state index < -0.39 is 0 Å². The third-order valence-corrected chi connectivity index (χ3v) is 3.13. The minimum atomic E-state index is 0.527. The maximum atomic E-state index is 6.03. The molecule has 0 aliphatic rings. The number of ether oxygens (including phenoxy) is 1. The van der Waals surface area contributed by atoms with Crippen LogP contribution < -0.4 is 10.5 Å². The largest absolute Gasteiger partial charge is 0.497 e. The van der Waals surface area contributed by atoms with E-state index in [-0.39, 0.29) is 0 Å². The zero-order valence-electron chi connectivity index (χ0n) is 11.8. The minimum absolute atomic E-state index is 0.527. The van der Waals surface area contributed by atoms with Crippen molar-refractivity contribution in [2.45, 2.75) is 6.92 Å². The molecule has 3 rings (SSSR count). The highest BCUT2D eigenvalue weighted by Crippen LogP contribution is 2.24. The van der Waals surface area contributed by atoms with Crippen molar-refractivity contribution >= 4 is 5.82 Å². The highest BCUT2D eigenvalue weighted by Gasteiger charge is 2.10. The summed E-state index contributed by atoms with van der Waals surface area (Å²) < 4.78 is 6.75. The number of nitrogen functional groups attached to an aromatic ring is 1. The topological polar surface area (TPSA) is 78.9 Å². The van der Waals surface area contributed by atoms with Crippen LogP contribution in [-0.4, -0.2) is 26.9 Å². The Morgan fingerprint density at radius 1 is 1.10 bits per heavy atom. The Hall–Kier alpha value is -2.89. The third-order valence-electron chi connectivity index (χ3n) is 3.13. The number of anilines is 1. The van der Waals surface area contributed by atoms with Gasteiger partial charge in [-0.1, -0.05) is 0 Å². The minimum Gasteiger partial charge on any atom is -0.497 e. The highest BCUT2D eigenvalue weighted by molar-refractivity contribution is 5.64. The Morgan fingerprint density at radius 2 is 1.86 bits per heavy atom. The van der Waals surface area contributed by atoms with Gasteiger partial charge in [-0.25, -0.2) is 9.97 Å². The fourth-order valence-electron chi connectivity index (χ4n) is 2.04. The fourth-order valence-corrected chi connectivity index (χ4v) is 2.04. The van der Waals surface area contributed by atoms with Crippen LogP contribution in [0.3, 0.4) is 0 Å². The highest BCUT2D eigenvalue weighted by atomic mass is 16.5. The molecule has 6 heteroatoms. The first-order valence-corrected chi connectivity index (χ1v) is 6.46. The summed E-state index contributed by atoms with van der Waals surface area (Å²) in [6.45, 7) is 1.90. The van der Waals surface area contributed by atoms with Crippen LogP contribution in [0, 0.1) is 6.92 Å². The predicted molar refractivity (Wildman–Crippen MR) is 80.3 cm³/mol. The number of nitrogens with zero attached hydrogens (tertiary/aromatic N) is 4. The molecule has 6 nitrogen and oxygen atoms in total. The van der Waals surface area contributed by atoms with E-state index in [2.05, 4.69) is 15.1 Å².